The monoisotopic (exact) mass is 357 g/mol. The third-order valence-corrected chi connectivity index (χ3v) is 4.88. The highest BCUT2D eigenvalue weighted by molar-refractivity contribution is 7.21. The maximum absolute atomic E-state index is 13.2. The molecule has 7 heteroatoms. The number of rotatable bonds is 6. The number of amides is 1. The lowest BCUT2D eigenvalue weighted by Gasteiger charge is -2.12. The van der Waals surface area contributed by atoms with Crippen LogP contribution < -0.4 is 5.32 Å². The molecule has 2 rings (SSSR count). The lowest BCUT2D eigenvalue weighted by atomic mass is 10.2. The number of ether oxygens (including phenoxy) is 1. The van der Waals surface area contributed by atoms with Crippen molar-refractivity contribution in [3.05, 3.63) is 33.9 Å². The molecule has 1 aromatic heterocycles. The van der Waals surface area contributed by atoms with Gasteiger partial charge in [-0.2, -0.15) is 0 Å². The molecule has 1 heterocycles. The quantitative estimate of drug-likeness (QED) is 0.790. The maximum Gasteiger partial charge on any atom is 0.350 e. The van der Waals surface area contributed by atoms with E-state index in [0.29, 0.717) is 10.1 Å². The molecular weight excluding hydrogens is 341 g/mol. The largest absolute Gasteiger partial charge is 0.451 e. The zero-order valence-electron chi connectivity index (χ0n) is 12.8. The van der Waals surface area contributed by atoms with Gasteiger partial charge in [0, 0.05) is 16.1 Å². The minimum Gasteiger partial charge on any atom is -0.451 e. The Balaban J connectivity index is 2.01. The Bertz CT molecular complexity index is 731. The number of hydrogen-bond acceptors (Lipinski definition) is 4. The molecule has 1 N–H and O–H groups in total. The van der Waals surface area contributed by atoms with Crippen molar-refractivity contribution >= 4 is 44.9 Å². The van der Waals surface area contributed by atoms with Crippen LogP contribution in [0.3, 0.4) is 0 Å². The van der Waals surface area contributed by atoms with Gasteiger partial charge in [-0.3, -0.25) is 4.79 Å². The summed E-state index contributed by atoms with van der Waals surface area (Å²) in [5.74, 6) is -1.45. The van der Waals surface area contributed by atoms with Crippen molar-refractivity contribution < 1.29 is 18.7 Å². The topological polar surface area (TPSA) is 55.4 Å². The Morgan fingerprint density at radius 2 is 2.17 bits per heavy atom. The number of thiophene rings is 1. The van der Waals surface area contributed by atoms with Crippen LogP contribution in [-0.4, -0.2) is 24.5 Å². The van der Waals surface area contributed by atoms with Crippen molar-refractivity contribution in [2.24, 2.45) is 0 Å². The third kappa shape index (κ3) is 4.42. The Morgan fingerprint density at radius 1 is 1.43 bits per heavy atom. The molecule has 0 bridgehead atoms. The van der Waals surface area contributed by atoms with E-state index in [9.17, 15) is 14.0 Å². The highest BCUT2D eigenvalue weighted by Crippen LogP contribution is 2.36. The zero-order chi connectivity index (χ0) is 17.0. The normalized spacial score (nSPS) is 12.2. The molecule has 0 saturated heterocycles. The summed E-state index contributed by atoms with van der Waals surface area (Å²) in [5, 5.41) is 3.55. The number of esters is 1. The first-order valence-corrected chi connectivity index (χ1v) is 8.45. The van der Waals surface area contributed by atoms with Crippen molar-refractivity contribution in [2.75, 3.05) is 6.61 Å². The van der Waals surface area contributed by atoms with Gasteiger partial charge in [0.15, 0.2) is 6.61 Å². The van der Waals surface area contributed by atoms with E-state index in [2.05, 4.69) is 5.32 Å². The van der Waals surface area contributed by atoms with E-state index < -0.39 is 11.8 Å². The molecule has 124 valence electrons. The maximum atomic E-state index is 13.2. The van der Waals surface area contributed by atoms with E-state index in [4.69, 9.17) is 16.3 Å². The fourth-order valence-corrected chi connectivity index (χ4v) is 3.62. The van der Waals surface area contributed by atoms with Gasteiger partial charge in [-0.25, -0.2) is 9.18 Å². The van der Waals surface area contributed by atoms with Crippen LogP contribution in [0.15, 0.2) is 18.2 Å². The van der Waals surface area contributed by atoms with Crippen LogP contribution in [0.5, 0.6) is 0 Å². The van der Waals surface area contributed by atoms with E-state index in [0.717, 1.165) is 24.2 Å². The first kappa shape index (κ1) is 17.7. The van der Waals surface area contributed by atoms with Crippen LogP contribution in [0.1, 0.15) is 36.4 Å². The fraction of sp³-hybridized carbons (Fsp3) is 0.375. The van der Waals surface area contributed by atoms with E-state index in [1.165, 1.54) is 18.2 Å². The van der Waals surface area contributed by atoms with Crippen LogP contribution in [0.25, 0.3) is 10.1 Å². The molecule has 4 nitrogen and oxygen atoms in total. The molecule has 1 aromatic carbocycles. The minimum atomic E-state index is -0.685. The Labute approximate surface area is 142 Å². The predicted molar refractivity (Wildman–Crippen MR) is 89.6 cm³/mol. The molecule has 2 aromatic rings. The van der Waals surface area contributed by atoms with E-state index in [-0.39, 0.29) is 28.5 Å². The average molecular weight is 358 g/mol. The lowest BCUT2D eigenvalue weighted by Crippen LogP contribution is -2.35. The molecule has 0 aliphatic carbocycles. The minimum absolute atomic E-state index is 0.0297. The molecular formula is C16H17ClFNO3S. The third-order valence-electron chi connectivity index (χ3n) is 3.24. The highest BCUT2D eigenvalue weighted by atomic mass is 35.5. The van der Waals surface area contributed by atoms with E-state index >= 15 is 0 Å². The molecule has 0 aliphatic heterocycles. The Kier molecular flexibility index (Phi) is 5.96. The summed E-state index contributed by atoms with van der Waals surface area (Å²) in [6.45, 7) is 3.54. The van der Waals surface area contributed by atoms with Crippen molar-refractivity contribution in [1.29, 1.82) is 0 Å². The van der Waals surface area contributed by atoms with Gasteiger partial charge in [-0.05, 0) is 31.5 Å². The molecule has 0 saturated carbocycles. The van der Waals surface area contributed by atoms with Crippen LogP contribution in [0.4, 0.5) is 4.39 Å². The number of carbonyl (C=O) groups excluding carboxylic acids is 2. The summed E-state index contributed by atoms with van der Waals surface area (Å²) in [6.07, 6.45) is 1.81. The molecule has 0 aliphatic rings. The van der Waals surface area contributed by atoms with Crippen molar-refractivity contribution in [3.63, 3.8) is 0 Å². The number of hydrogen-bond donors (Lipinski definition) is 1. The number of carbonyl (C=O) groups is 2. The van der Waals surface area contributed by atoms with Crippen LogP contribution in [-0.2, 0) is 9.53 Å². The molecule has 1 amide bonds. The van der Waals surface area contributed by atoms with Gasteiger partial charge in [0.1, 0.15) is 10.7 Å². The second-order valence-electron chi connectivity index (χ2n) is 5.22. The second kappa shape index (κ2) is 7.75. The van der Waals surface area contributed by atoms with Gasteiger partial charge in [-0.1, -0.05) is 24.9 Å². The van der Waals surface area contributed by atoms with Gasteiger partial charge < -0.3 is 10.1 Å². The molecule has 0 fully saturated rings. The van der Waals surface area contributed by atoms with Crippen molar-refractivity contribution in [3.8, 4) is 0 Å². The number of halogens is 2. The molecule has 0 spiro atoms. The predicted octanol–water partition coefficient (Wildman–Crippen LogP) is 4.16. The Hall–Kier alpha value is -1.66. The highest BCUT2D eigenvalue weighted by Gasteiger charge is 2.20. The van der Waals surface area contributed by atoms with Crippen molar-refractivity contribution in [1.82, 2.24) is 5.32 Å². The molecule has 1 atom stereocenters. The van der Waals surface area contributed by atoms with Crippen molar-refractivity contribution in [2.45, 2.75) is 32.7 Å². The van der Waals surface area contributed by atoms with Gasteiger partial charge in [0.25, 0.3) is 5.91 Å². The SMILES string of the molecule is CCC[C@@H](C)NC(=O)COC(=O)c1sc2cc(F)ccc2c1Cl. The smallest absolute Gasteiger partial charge is 0.350 e. The number of nitrogens with one attached hydrogen (secondary N) is 1. The summed E-state index contributed by atoms with van der Waals surface area (Å²) in [5.41, 5.74) is 0. The standard InChI is InChI=1S/C16H17ClFNO3S/c1-3-4-9(2)19-13(20)8-22-16(21)15-14(17)11-6-5-10(18)7-12(11)23-15/h5-7,9H,3-4,8H2,1-2H3,(H,19,20)/t9-/m1/s1. The van der Waals surface area contributed by atoms with Gasteiger partial charge >= 0.3 is 5.97 Å². The lowest BCUT2D eigenvalue weighted by molar-refractivity contribution is -0.124. The van der Waals surface area contributed by atoms with Gasteiger partial charge in [0.2, 0.25) is 0 Å². The zero-order valence-corrected chi connectivity index (χ0v) is 14.4. The van der Waals surface area contributed by atoms with Crippen LogP contribution in [0.2, 0.25) is 5.02 Å². The first-order valence-electron chi connectivity index (χ1n) is 7.26. The molecule has 0 unspecified atom stereocenters. The molecule has 0 radical (unpaired) electrons. The Morgan fingerprint density at radius 3 is 2.87 bits per heavy atom. The summed E-state index contributed by atoms with van der Waals surface area (Å²) in [6, 6.07) is 4.13. The average Bonchev–Trinajstić information content (AvgIpc) is 2.81. The van der Waals surface area contributed by atoms with Crippen LogP contribution in [0, 0.1) is 5.82 Å². The molecule has 23 heavy (non-hydrogen) atoms. The second-order valence-corrected chi connectivity index (χ2v) is 6.65. The van der Waals surface area contributed by atoms with Gasteiger partial charge in [-0.15, -0.1) is 11.3 Å². The number of fused-ring (bicyclic) bond motifs is 1. The summed E-state index contributed by atoms with van der Waals surface area (Å²) < 4.78 is 18.8. The number of benzene rings is 1. The summed E-state index contributed by atoms with van der Waals surface area (Å²) >= 11 is 7.17. The van der Waals surface area contributed by atoms with E-state index in [1.807, 2.05) is 13.8 Å². The van der Waals surface area contributed by atoms with E-state index in [1.54, 1.807) is 0 Å². The first-order chi connectivity index (χ1) is 10.9. The van der Waals surface area contributed by atoms with Gasteiger partial charge in [0.05, 0.1) is 5.02 Å². The summed E-state index contributed by atoms with van der Waals surface area (Å²) in [7, 11) is 0. The summed E-state index contributed by atoms with van der Waals surface area (Å²) in [4.78, 5) is 23.9. The fourth-order valence-electron chi connectivity index (χ4n) is 2.19. The van der Waals surface area contributed by atoms with Crippen LogP contribution >= 0.6 is 22.9 Å².